The van der Waals surface area contributed by atoms with Crippen molar-refractivity contribution in [2.24, 2.45) is 0 Å². The summed E-state index contributed by atoms with van der Waals surface area (Å²) in [6.45, 7) is 5.71. The molecule has 118 valence electrons. The molecule has 1 fully saturated rings. The largest absolute Gasteiger partial charge is 0.310 e. The lowest BCUT2D eigenvalue weighted by Crippen LogP contribution is -2.43. The standard InChI is InChI=1S/C16H28N4S/c1-12(9-13(2)21-15-5-3-4-6-15)19-14-7-8-16-17-11-18-20(16)10-14/h11-15,19H,3-10H2,1-2H3/t12-,13-,14-/m1/s1. The number of rotatable bonds is 6. The van der Waals surface area contributed by atoms with Gasteiger partial charge in [0, 0.05) is 29.0 Å². The first-order valence-electron chi connectivity index (χ1n) is 8.49. The molecular weight excluding hydrogens is 280 g/mol. The van der Waals surface area contributed by atoms with Crippen LogP contribution in [0.5, 0.6) is 0 Å². The average molecular weight is 308 g/mol. The van der Waals surface area contributed by atoms with Gasteiger partial charge in [-0.15, -0.1) is 0 Å². The summed E-state index contributed by atoms with van der Waals surface area (Å²) in [6.07, 6.45) is 11.0. The van der Waals surface area contributed by atoms with E-state index in [1.807, 2.05) is 0 Å². The average Bonchev–Trinajstić information content (AvgIpc) is 3.08. The Kier molecular flexibility index (Phi) is 5.22. The van der Waals surface area contributed by atoms with Gasteiger partial charge in [-0.2, -0.15) is 16.9 Å². The first-order chi connectivity index (χ1) is 10.2. The molecule has 0 saturated heterocycles. The molecule has 21 heavy (non-hydrogen) atoms. The first-order valence-corrected chi connectivity index (χ1v) is 9.43. The van der Waals surface area contributed by atoms with Gasteiger partial charge in [0.25, 0.3) is 0 Å². The Bertz CT molecular complexity index is 441. The van der Waals surface area contributed by atoms with Crippen molar-refractivity contribution < 1.29 is 0 Å². The molecule has 1 aromatic rings. The maximum atomic E-state index is 4.31. The Balaban J connectivity index is 1.40. The fourth-order valence-electron chi connectivity index (χ4n) is 3.75. The van der Waals surface area contributed by atoms with Crippen LogP contribution in [0.15, 0.2) is 6.33 Å². The van der Waals surface area contributed by atoms with E-state index in [1.54, 1.807) is 6.33 Å². The summed E-state index contributed by atoms with van der Waals surface area (Å²) in [4.78, 5) is 4.30. The second-order valence-corrected chi connectivity index (χ2v) is 8.49. The topological polar surface area (TPSA) is 42.7 Å². The van der Waals surface area contributed by atoms with E-state index < -0.39 is 0 Å². The zero-order valence-corrected chi connectivity index (χ0v) is 14.1. The summed E-state index contributed by atoms with van der Waals surface area (Å²) >= 11 is 2.22. The number of hydrogen-bond donors (Lipinski definition) is 1. The highest BCUT2D eigenvalue weighted by atomic mass is 32.2. The van der Waals surface area contributed by atoms with Gasteiger partial charge < -0.3 is 5.32 Å². The lowest BCUT2D eigenvalue weighted by Gasteiger charge is -2.28. The Morgan fingerprint density at radius 1 is 1.33 bits per heavy atom. The van der Waals surface area contributed by atoms with E-state index in [-0.39, 0.29) is 0 Å². The number of nitrogens with one attached hydrogen (secondary N) is 1. The molecule has 1 aliphatic carbocycles. The summed E-state index contributed by atoms with van der Waals surface area (Å²) in [5, 5.41) is 9.80. The van der Waals surface area contributed by atoms with Gasteiger partial charge in [0.1, 0.15) is 12.2 Å². The number of aryl methyl sites for hydroxylation is 1. The molecule has 4 nitrogen and oxygen atoms in total. The van der Waals surface area contributed by atoms with E-state index in [0.29, 0.717) is 12.1 Å². The van der Waals surface area contributed by atoms with E-state index >= 15 is 0 Å². The maximum absolute atomic E-state index is 4.31. The van der Waals surface area contributed by atoms with E-state index in [0.717, 1.165) is 29.3 Å². The first kappa shape index (κ1) is 15.3. The van der Waals surface area contributed by atoms with Crippen LogP contribution in [0.25, 0.3) is 0 Å². The maximum Gasteiger partial charge on any atom is 0.138 e. The highest BCUT2D eigenvalue weighted by Gasteiger charge is 2.23. The Morgan fingerprint density at radius 2 is 2.14 bits per heavy atom. The molecule has 1 N–H and O–H groups in total. The van der Waals surface area contributed by atoms with Crippen LogP contribution in [0.4, 0.5) is 0 Å². The molecule has 0 aromatic carbocycles. The second kappa shape index (κ2) is 7.14. The fraction of sp³-hybridized carbons (Fsp3) is 0.875. The molecule has 3 atom stereocenters. The van der Waals surface area contributed by atoms with Crippen molar-refractivity contribution in [3.63, 3.8) is 0 Å². The van der Waals surface area contributed by atoms with Gasteiger partial charge in [-0.3, -0.25) is 0 Å². The highest BCUT2D eigenvalue weighted by molar-refractivity contribution is 8.00. The van der Waals surface area contributed by atoms with Crippen molar-refractivity contribution in [2.75, 3.05) is 0 Å². The summed E-state index contributed by atoms with van der Waals surface area (Å²) in [5.74, 6) is 1.14. The minimum Gasteiger partial charge on any atom is -0.310 e. The van der Waals surface area contributed by atoms with Crippen LogP contribution in [0.3, 0.4) is 0 Å². The Morgan fingerprint density at radius 3 is 2.95 bits per heavy atom. The third-order valence-corrected chi connectivity index (χ3v) is 6.25. The molecule has 1 aliphatic heterocycles. The number of thioether (sulfide) groups is 1. The smallest absolute Gasteiger partial charge is 0.138 e. The molecule has 1 aromatic heterocycles. The SMILES string of the molecule is C[C@H](C[C@@H](C)SC1CCCC1)N[C@@H]1CCc2ncnn2C1. The van der Waals surface area contributed by atoms with Crippen LogP contribution in [0, 0.1) is 0 Å². The summed E-state index contributed by atoms with van der Waals surface area (Å²) in [5.41, 5.74) is 0. The third-order valence-electron chi connectivity index (χ3n) is 4.74. The molecule has 0 spiro atoms. The Hall–Kier alpha value is -0.550. The summed E-state index contributed by atoms with van der Waals surface area (Å²) in [7, 11) is 0. The second-order valence-electron chi connectivity index (χ2n) is 6.75. The van der Waals surface area contributed by atoms with Gasteiger partial charge in [-0.25, -0.2) is 9.67 Å². The van der Waals surface area contributed by atoms with Crippen molar-refractivity contribution >= 4 is 11.8 Å². The lowest BCUT2D eigenvalue weighted by atomic mass is 10.1. The van der Waals surface area contributed by atoms with Gasteiger partial charge in [0.05, 0.1) is 6.54 Å². The number of fused-ring (bicyclic) bond motifs is 1. The number of aromatic nitrogens is 3. The van der Waals surface area contributed by atoms with Crippen LogP contribution >= 0.6 is 11.8 Å². The van der Waals surface area contributed by atoms with Gasteiger partial charge in [-0.05, 0) is 32.6 Å². The van der Waals surface area contributed by atoms with Crippen LogP contribution in [-0.4, -0.2) is 37.3 Å². The molecule has 5 heteroatoms. The monoisotopic (exact) mass is 308 g/mol. The van der Waals surface area contributed by atoms with E-state index in [2.05, 4.69) is 45.7 Å². The quantitative estimate of drug-likeness (QED) is 0.877. The number of nitrogens with zero attached hydrogens (tertiary/aromatic N) is 3. The van der Waals surface area contributed by atoms with Gasteiger partial charge >= 0.3 is 0 Å². The summed E-state index contributed by atoms with van der Waals surface area (Å²) in [6, 6.07) is 1.14. The van der Waals surface area contributed by atoms with Crippen LogP contribution in [0.2, 0.25) is 0 Å². The van der Waals surface area contributed by atoms with Crippen molar-refractivity contribution in [1.82, 2.24) is 20.1 Å². The van der Waals surface area contributed by atoms with Crippen molar-refractivity contribution in [3.8, 4) is 0 Å². The minimum atomic E-state index is 0.554. The third kappa shape index (κ3) is 4.22. The van der Waals surface area contributed by atoms with Gasteiger partial charge in [0.15, 0.2) is 0 Å². The molecule has 0 radical (unpaired) electrons. The minimum absolute atomic E-state index is 0.554. The van der Waals surface area contributed by atoms with Gasteiger partial charge in [0.2, 0.25) is 0 Å². The molecule has 3 rings (SSSR count). The molecule has 2 aliphatic rings. The zero-order chi connectivity index (χ0) is 14.7. The molecular formula is C16H28N4S. The van der Waals surface area contributed by atoms with E-state index in [4.69, 9.17) is 0 Å². The molecule has 0 unspecified atom stereocenters. The predicted molar refractivity (Wildman–Crippen MR) is 88.7 cm³/mol. The highest BCUT2D eigenvalue weighted by Crippen LogP contribution is 2.33. The molecule has 0 bridgehead atoms. The molecule has 1 saturated carbocycles. The molecule has 2 heterocycles. The predicted octanol–water partition coefficient (Wildman–Crippen LogP) is 3.03. The number of hydrogen-bond acceptors (Lipinski definition) is 4. The van der Waals surface area contributed by atoms with E-state index in [9.17, 15) is 0 Å². The van der Waals surface area contributed by atoms with Crippen LogP contribution in [0.1, 0.15) is 58.2 Å². The van der Waals surface area contributed by atoms with Crippen molar-refractivity contribution in [1.29, 1.82) is 0 Å². The van der Waals surface area contributed by atoms with Crippen LogP contribution < -0.4 is 5.32 Å². The lowest BCUT2D eigenvalue weighted by molar-refractivity contribution is 0.326. The normalized spacial score (nSPS) is 25.7. The van der Waals surface area contributed by atoms with Crippen molar-refractivity contribution in [2.45, 2.75) is 87.9 Å². The summed E-state index contributed by atoms with van der Waals surface area (Å²) < 4.78 is 2.06. The fourth-order valence-corrected chi connectivity index (χ4v) is 5.41. The van der Waals surface area contributed by atoms with Crippen molar-refractivity contribution in [3.05, 3.63) is 12.2 Å². The molecule has 0 amide bonds. The van der Waals surface area contributed by atoms with Crippen LogP contribution in [-0.2, 0) is 13.0 Å². The van der Waals surface area contributed by atoms with Gasteiger partial charge in [-0.1, -0.05) is 19.8 Å². The zero-order valence-electron chi connectivity index (χ0n) is 13.3. The van der Waals surface area contributed by atoms with E-state index in [1.165, 1.54) is 38.5 Å². The Labute approximate surface area is 132 Å².